The highest BCUT2D eigenvalue weighted by molar-refractivity contribution is 5.92. The minimum Gasteiger partial charge on any atom is -0.444 e. The molecule has 210 valence electrons. The van der Waals surface area contributed by atoms with Gasteiger partial charge in [-0.2, -0.15) is 0 Å². The van der Waals surface area contributed by atoms with Gasteiger partial charge in [-0.1, -0.05) is 65.2 Å². The molecule has 0 heterocycles. The minimum atomic E-state index is -0.829. The number of amides is 3. The molecular weight excluding hydrogens is 466 g/mol. The number of aryl methyl sites for hydroxylation is 1. The normalized spacial score (nSPS) is 14.0. The number of unbranched alkanes of at least 4 members (excludes halogenated alkanes) is 2. The maximum absolute atomic E-state index is 14.2. The number of benzene rings is 1. The van der Waals surface area contributed by atoms with Gasteiger partial charge in [-0.3, -0.25) is 9.59 Å². The summed E-state index contributed by atoms with van der Waals surface area (Å²) in [5.74, 6) is -0.671. The third-order valence-electron chi connectivity index (χ3n) is 6.50. The Hall–Kier alpha value is -2.57. The van der Waals surface area contributed by atoms with Gasteiger partial charge >= 0.3 is 6.09 Å². The summed E-state index contributed by atoms with van der Waals surface area (Å²) in [4.78, 5) is 42.4. The Balaban J connectivity index is 3.56. The van der Waals surface area contributed by atoms with Crippen LogP contribution >= 0.6 is 0 Å². The quantitative estimate of drug-likeness (QED) is 0.304. The molecule has 7 heteroatoms. The van der Waals surface area contributed by atoms with E-state index in [0.29, 0.717) is 6.54 Å². The number of hydrogen-bond donors (Lipinski definition) is 2. The lowest BCUT2D eigenvalue weighted by Crippen LogP contribution is -2.55. The molecule has 0 aliphatic rings. The van der Waals surface area contributed by atoms with Crippen molar-refractivity contribution in [3.63, 3.8) is 0 Å². The molecule has 0 aliphatic carbocycles. The fraction of sp³-hybridized carbons (Fsp3) is 0.700. The summed E-state index contributed by atoms with van der Waals surface area (Å²) in [6.07, 6.45) is 3.84. The molecule has 3 unspecified atom stereocenters. The first-order valence-corrected chi connectivity index (χ1v) is 13.9. The van der Waals surface area contributed by atoms with Gasteiger partial charge in [0, 0.05) is 12.6 Å². The van der Waals surface area contributed by atoms with E-state index in [-0.39, 0.29) is 23.8 Å². The number of rotatable bonds is 13. The lowest BCUT2D eigenvalue weighted by Gasteiger charge is -2.37. The van der Waals surface area contributed by atoms with Crippen LogP contribution in [0.3, 0.4) is 0 Å². The van der Waals surface area contributed by atoms with E-state index < -0.39 is 23.8 Å². The molecule has 3 atom stereocenters. The van der Waals surface area contributed by atoms with E-state index in [9.17, 15) is 14.4 Å². The second-order valence-corrected chi connectivity index (χ2v) is 11.5. The van der Waals surface area contributed by atoms with Gasteiger partial charge in [-0.05, 0) is 77.0 Å². The Kier molecular flexibility index (Phi) is 13.2. The average Bonchev–Trinajstić information content (AvgIpc) is 2.77. The summed E-state index contributed by atoms with van der Waals surface area (Å²) in [7, 11) is 0. The topological polar surface area (TPSA) is 87.7 Å². The monoisotopic (exact) mass is 517 g/mol. The predicted molar refractivity (Wildman–Crippen MR) is 150 cm³/mol. The molecular formula is C30H51N3O4. The number of carbonyl (C=O) groups is 3. The van der Waals surface area contributed by atoms with Crippen molar-refractivity contribution < 1.29 is 19.1 Å². The van der Waals surface area contributed by atoms with Crippen molar-refractivity contribution in [3.05, 3.63) is 34.9 Å². The first-order chi connectivity index (χ1) is 17.2. The number of ether oxygens (including phenoxy) is 1. The molecule has 7 nitrogen and oxygen atoms in total. The molecule has 0 aliphatic heterocycles. The van der Waals surface area contributed by atoms with E-state index in [1.165, 1.54) is 0 Å². The smallest absolute Gasteiger partial charge is 0.408 e. The zero-order valence-corrected chi connectivity index (χ0v) is 24.9. The molecule has 3 amide bonds. The van der Waals surface area contributed by atoms with E-state index in [1.54, 1.807) is 25.7 Å². The highest BCUT2D eigenvalue weighted by atomic mass is 16.6. The molecule has 0 saturated carbocycles. The number of hydrogen-bond acceptors (Lipinski definition) is 4. The van der Waals surface area contributed by atoms with Gasteiger partial charge in [0.1, 0.15) is 17.7 Å². The highest BCUT2D eigenvalue weighted by Gasteiger charge is 2.38. The Morgan fingerprint density at radius 3 is 2.16 bits per heavy atom. The van der Waals surface area contributed by atoms with Crippen molar-refractivity contribution in [1.29, 1.82) is 0 Å². The average molecular weight is 518 g/mol. The van der Waals surface area contributed by atoms with E-state index in [1.807, 2.05) is 52.8 Å². The van der Waals surface area contributed by atoms with Gasteiger partial charge in [0.2, 0.25) is 11.8 Å². The predicted octanol–water partition coefficient (Wildman–Crippen LogP) is 6.22. The molecule has 0 bridgehead atoms. The molecule has 0 fully saturated rings. The number of nitrogens with one attached hydrogen (secondary N) is 2. The van der Waals surface area contributed by atoms with E-state index in [0.717, 1.165) is 48.8 Å². The summed E-state index contributed by atoms with van der Waals surface area (Å²) in [6.45, 7) is 19.7. The lowest BCUT2D eigenvalue weighted by atomic mass is 9.93. The maximum Gasteiger partial charge on any atom is 0.408 e. The van der Waals surface area contributed by atoms with Crippen molar-refractivity contribution in [3.8, 4) is 0 Å². The van der Waals surface area contributed by atoms with Crippen molar-refractivity contribution in [2.45, 2.75) is 125 Å². The Bertz CT molecular complexity index is 891. The van der Waals surface area contributed by atoms with Crippen LogP contribution in [0.1, 0.15) is 110 Å². The van der Waals surface area contributed by atoms with Crippen molar-refractivity contribution in [2.75, 3.05) is 6.54 Å². The van der Waals surface area contributed by atoms with Crippen LogP contribution in [0.2, 0.25) is 0 Å². The highest BCUT2D eigenvalue weighted by Crippen LogP contribution is 2.29. The molecule has 1 rings (SSSR count). The molecule has 0 spiro atoms. The van der Waals surface area contributed by atoms with Crippen LogP contribution < -0.4 is 10.6 Å². The minimum absolute atomic E-state index is 0.0153. The standard InChI is InChI=1S/C30H51N3O4/c1-11-13-14-19-33(28(35)25(20(3)4)32-29(36)37-30(8,9)10)26(27(34)31-22(6)16-12-2)24-18-15-17-21(5)23(24)7/h15,17-18,20,22,25-26H,11-14,16,19H2,1-10H3,(H,31,34)(H,32,36). The first kappa shape index (κ1) is 32.5. The zero-order chi connectivity index (χ0) is 28.3. The summed E-state index contributed by atoms with van der Waals surface area (Å²) in [6, 6.07) is 4.23. The Labute approximate surface area is 225 Å². The fourth-order valence-corrected chi connectivity index (χ4v) is 4.37. The van der Waals surface area contributed by atoms with Crippen LogP contribution in [0.25, 0.3) is 0 Å². The second-order valence-electron chi connectivity index (χ2n) is 11.5. The zero-order valence-electron chi connectivity index (χ0n) is 24.9. The number of nitrogens with zero attached hydrogens (tertiary/aromatic N) is 1. The van der Waals surface area contributed by atoms with Gasteiger partial charge < -0.3 is 20.3 Å². The third kappa shape index (κ3) is 10.4. The van der Waals surface area contributed by atoms with Crippen LogP contribution in [-0.4, -0.2) is 47.0 Å². The summed E-state index contributed by atoms with van der Waals surface area (Å²) in [5, 5.41) is 5.94. The Morgan fingerprint density at radius 1 is 0.973 bits per heavy atom. The fourth-order valence-electron chi connectivity index (χ4n) is 4.37. The second kappa shape index (κ2) is 15.0. The number of alkyl carbamates (subject to hydrolysis) is 1. The molecule has 0 aromatic heterocycles. The van der Waals surface area contributed by atoms with Gasteiger partial charge in [0.25, 0.3) is 0 Å². The molecule has 0 radical (unpaired) electrons. The summed E-state index contributed by atoms with van der Waals surface area (Å²) in [5.41, 5.74) is 2.17. The molecule has 1 aromatic rings. The van der Waals surface area contributed by atoms with Crippen LogP contribution in [0.4, 0.5) is 4.79 Å². The largest absolute Gasteiger partial charge is 0.444 e. The van der Waals surface area contributed by atoms with Gasteiger partial charge in [-0.15, -0.1) is 0 Å². The van der Waals surface area contributed by atoms with Crippen LogP contribution in [-0.2, 0) is 14.3 Å². The van der Waals surface area contributed by atoms with Crippen LogP contribution in [0.15, 0.2) is 18.2 Å². The van der Waals surface area contributed by atoms with Crippen molar-refractivity contribution in [1.82, 2.24) is 15.5 Å². The van der Waals surface area contributed by atoms with Crippen LogP contribution in [0.5, 0.6) is 0 Å². The van der Waals surface area contributed by atoms with E-state index >= 15 is 0 Å². The first-order valence-electron chi connectivity index (χ1n) is 13.9. The van der Waals surface area contributed by atoms with Gasteiger partial charge in [0.15, 0.2) is 0 Å². The molecule has 37 heavy (non-hydrogen) atoms. The van der Waals surface area contributed by atoms with E-state index in [2.05, 4.69) is 24.5 Å². The third-order valence-corrected chi connectivity index (χ3v) is 6.50. The SMILES string of the molecule is CCCCCN(C(=O)C(NC(=O)OC(C)(C)C)C(C)C)C(C(=O)NC(C)CCC)c1cccc(C)c1C. The van der Waals surface area contributed by atoms with Gasteiger partial charge in [0.05, 0.1) is 0 Å². The van der Waals surface area contributed by atoms with Crippen molar-refractivity contribution in [2.24, 2.45) is 5.92 Å². The summed E-state index contributed by atoms with van der Waals surface area (Å²) < 4.78 is 5.45. The van der Waals surface area contributed by atoms with E-state index in [4.69, 9.17) is 4.74 Å². The number of carbonyl (C=O) groups excluding carboxylic acids is 3. The maximum atomic E-state index is 14.2. The molecule has 0 saturated heterocycles. The summed E-state index contributed by atoms with van der Waals surface area (Å²) >= 11 is 0. The van der Waals surface area contributed by atoms with Crippen molar-refractivity contribution >= 4 is 17.9 Å². The molecule has 2 N–H and O–H groups in total. The van der Waals surface area contributed by atoms with Crippen LogP contribution in [0, 0.1) is 19.8 Å². The lowest BCUT2D eigenvalue weighted by molar-refractivity contribution is -0.143. The van der Waals surface area contributed by atoms with Gasteiger partial charge in [-0.25, -0.2) is 4.79 Å². The molecule has 1 aromatic carbocycles. The Morgan fingerprint density at radius 2 is 1.62 bits per heavy atom.